The van der Waals surface area contributed by atoms with Gasteiger partial charge in [-0.3, -0.25) is 0 Å². The summed E-state index contributed by atoms with van der Waals surface area (Å²) in [6, 6.07) is 4.53. The summed E-state index contributed by atoms with van der Waals surface area (Å²) in [5.41, 5.74) is 1.50. The van der Waals surface area contributed by atoms with Gasteiger partial charge in [0.2, 0.25) is 0 Å². The number of likely N-dealkylation sites (tertiary alicyclic amines) is 1. The monoisotopic (exact) mass is 377 g/mol. The number of piperidine rings is 1. The second-order valence-corrected chi connectivity index (χ2v) is 7.71. The summed E-state index contributed by atoms with van der Waals surface area (Å²) in [6.45, 7) is 2.49. The first-order valence-corrected chi connectivity index (χ1v) is 9.56. The van der Waals surface area contributed by atoms with Crippen LogP contribution in [0.5, 0.6) is 5.75 Å². The molecule has 0 saturated carbocycles. The lowest BCUT2D eigenvalue weighted by molar-refractivity contribution is 0.126. The minimum Gasteiger partial charge on any atom is -0.493 e. The van der Waals surface area contributed by atoms with Crippen molar-refractivity contribution < 1.29 is 19.0 Å². The van der Waals surface area contributed by atoms with Crippen LogP contribution in [0.3, 0.4) is 0 Å². The van der Waals surface area contributed by atoms with Crippen molar-refractivity contribution in [1.29, 1.82) is 0 Å². The average Bonchev–Trinajstić information content (AvgIpc) is 2.97. The molecule has 0 bridgehead atoms. The number of hydrogen-bond donors (Lipinski definition) is 2. The van der Waals surface area contributed by atoms with Crippen LogP contribution in [0.4, 0.5) is 14.3 Å². The molecule has 0 radical (unpaired) electrons. The smallest absolute Gasteiger partial charge is 0.407 e. The van der Waals surface area contributed by atoms with Crippen molar-refractivity contribution in [1.82, 2.24) is 9.88 Å². The second kappa shape index (κ2) is 7.11. The van der Waals surface area contributed by atoms with E-state index in [9.17, 15) is 9.18 Å². The fourth-order valence-corrected chi connectivity index (χ4v) is 4.40. The third kappa shape index (κ3) is 3.46. The quantitative estimate of drug-likeness (QED) is 0.853. The molecule has 0 spiro atoms. The van der Waals surface area contributed by atoms with Gasteiger partial charge >= 0.3 is 6.09 Å². The van der Waals surface area contributed by atoms with Crippen LogP contribution >= 0.6 is 11.3 Å². The first-order valence-electron chi connectivity index (χ1n) is 8.74. The van der Waals surface area contributed by atoms with Crippen molar-refractivity contribution in [2.24, 2.45) is 5.92 Å². The number of rotatable bonds is 3. The van der Waals surface area contributed by atoms with E-state index in [1.165, 1.54) is 17.0 Å². The number of benzene rings is 1. The molecule has 8 heteroatoms. The Bertz CT molecular complexity index is 818. The number of halogens is 1. The molecule has 0 unspecified atom stereocenters. The molecule has 2 aliphatic heterocycles. The standard InChI is InChI=1S/C18H20FN3O3S/c19-12-1-2-14-13(9-12)16-15(5-8-25-14)26-17(21-16)20-10-11-3-6-22(7-4-11)18(23)24/h1-2,9,11H,3-8,10H2,(H,20,21)(H,23,24). The van der Waals surface area contributed by atoms with Gasteiger partial charge in [-0.05, 0) is 37.0 Å². The Hall–Kier alpha value is -2.35. The van der Waals surface area contributed by atoms with Crippen LogP contribution < -0.4 is 10.1 Å². The molecule has 138 valence electrons. The molecule has 1 fully saturated rings. The summed E-state index contributed by atoms with van der Waals surface area (Å²) < 4.78 is 19.4. The number of aromatic nitrogens is 1. The van der Waals surface area contributed by atoms with Gasteiger partial charge in [0, 0.05) is 36.5 Å². The molecule has 2 N–H and O–H groups in total. The number of hydrogen-bond acceptors (Lipinski definition) is 5. The zero-order valence-corrected chi connectivity index (χ0v) is 15.0. The largest absolute Gasteiger partial charge is 0.493 e. The number of amides is 1. The molecule has 2 aliphatic rings. The molecule has 1 aromatic carbocycles. The summed E-state index contributed by atoms with van der Waals surface area (Å²) in [5.74, 6) is 0.804. The maximum atomic E-state index is 13.7. The van der Waals surface area contributed by atoms with Crippen molar-refractivity contribution in [2.75, 3.05) is 31.6 Å². The topological polar surface area (TPSA) is 74.7 Å². The minimum absolute atomic E-state index is 0.298. The van der Waals surface area contributed by atoms with Crippen LogP contribution in [0.15, 0.2) is 18.2 Å². The minimum atomic E-state index is -0.840. The summed E-state index contributed by atoms with van der Waals surface area (Å²) in [6.07, 6.45) is 1.62. The molecule has 1 amide bonds. The van der Waals surface area contributed by atoms with Crippen LogP contribution in [0, 0.1) is 11.7 Å². The number of nitrogens with one attached hydrogen (secondary N) is 1. The number of fused-ring (bicyclic) bond motifs is 3. The first-order chi connectivity index (χ1) is 12.6. The van der Waals surface area contributed by atoms with E-state index in [0.717, 1.165) is 41.5 Å². The van der Waals surface area contributed by atoms with Crippen LogP contribution in [0.1, 0.15) is 17.7 Å². The highest BCUT2D eigenvalue weighted by atomic mass is 32.1. The molecular weight excluding hydrogens is 357 g/mol. The van der Waals surface area contributed by atoms with E-state index in [1.54, 1.807) is 17.4 Å². The van der Waals surface area contributed by atoms with E-state index in [0.29, 0.717) is 36.9 Å². The first kappa shape index (κ1) is 17.1. The van der Waals surface area contributed by atoms with Gasteiger partial charge in [0.15, 0.2) is 5.13 Å². The molecule has 0 atom stereocenters. The Morgan fingerprint density at radius 2 is 2.23 bits per heavy atom. The van der Waals surface area contributed by atoms with Crippen molar-refractivity contribution in [3.05, 3.63) is 28.9 Å². The van der Waals surface area contributed by atoms with Gasteiger partial charge in [-0.15, -0.1) is 11.3 Å². The lowest BCUT2D eigenvalue weighted by atomic mass is 9.97. The number of thiazole rings is 1. The highest BCUT2D eigenvalue weighted by molar-refractivity contribution is 7.16. The number of ether oxygens (including phenoxy) is 1. The van der Waals surface area contributed by atoms with Gasteiger partial charge in [-0.25, -0.2) is 14.2 Å². The Morgan fingerprint density at radius 3 is 3.00 bits per heavy atom. The van der Waals surface area contributed by atoms with E-state index >= 15 is 0 Å². The summed E-state index contributed by atoms with van der Waals surface area (Å²) in [7, 11) is 0. The summed E-state index contributed by atoms with van der Waals surface area (Å²) >= 11 is 1.58. The van der Waals surface area contributed by atoms with Gasteiger partial charge in [0.1, 0.15) is 11.6 Å². The van der Waals surface area contributed by atoms with E-state index < -0.39 is 6.09 Å². The molecule has 1 aromatic heterocycles. The maximum absolute atomic E-state index is 13.7. The zero-order chi connectivity index (χ0) is 18.1. The SMILES string of the molecule is O=C(O)N1CCC(CNc2nc3c(s2)CCOc2ccc(F)cc2-3)CC1. The van der Waals surface area contributed by atoms with E-state index in [1.807, 2.05) is 0 Å². The summed E-state index contributed by atoms with van der Waals surface area (Å²) in [4.78, 5) is 18.2. The van der Waals surface area contributed by atoms with E-state index in [4.69, 9.17) is 9.84 Å². The number of anilines is 1. The van der Waals surface area contributed by atoms with E-state index in [2.05, 4.69) is 10.3 Å². The molecule has 0 aliphatic carbocycles. The van der Waals surface area contributed by atoms with Gasteiger partial charge < -0.3 is 20.1 Å². The lowest BCUT2D eigenvalue weighted by Gasteiger charge is -2.29. The van der Waals surface area contributed by atoms with Crippen molar-refractivity contribution in [3.63, 3.8) is 0 Å². The Morgan fingerprint density at radius 1 is 1.42 bits per heavy atom. The Balaban J connectivity index is 1.45. The normalized spacial score (nSPS) is 17.0. The molecule has 1 saturated heterocycles. The Kier molecular flexibility index (Phi) is 4.67. The highest BCUT2D eigenvalue weighted by Crippen LogP contribution is 2.39. The number of nitrogens with zero attached hydrogens (tertiary/aromatic N) is 2. The second-order valence-electron chi connectivity index (χ2n) is 6.62. The predicted molar refractivity (Wildman–Crippen MR) is 97.5 cm³/mol. The van der Waals surface area contributed by atoms with E-state index in [-0.39, 0.29) is 5.82 Å². The maximum Gasteiger partial charge on any atom is 0.407 e. The van der Waals surface area contributed by atoms with Crippen molar-refractivity contribution in [3.8, 4) is 17.0 Å². The molecule has 26 heavy (non-hydrogen) atoms. The fourth-order valence-electron chi connectivity index (χ4n) is 3.43. The summed E-state index contributed by atoms with van der Waals surface area (Å²) in [5, 5.41) is 13.2. The highest BCUT2D eigenvalue weighted by Gasteiger charge is 2.24. The molecule has 4 rings (SSSR count). The van der Waals surface area contributed by atoms with Crippen LogP contribution in [0.2, 0.25) is 0 Å². The van der Waals surface area contributed by atoms with Crippen LogP contribution in [-0.2, 0) is 6.42 Å². The van der Waals surface area contributed by atoms with Gasteiger partial charge in [-0.2, -0.15) is 0 Å². The third-order valence-corrected chi connectivity index (χ3v) is 5.98. The average molecular weight is 377 g/mol. The Labute approximate surface area is 154 Å². The van der Waals surface area contributed by atoms with Gasteiger partial charge in [-0.1, -0.05) is 0 Å². The van der Waals surface area contributed by atoms with Crippen LogP contribution in [-0.4, -0.2) is 47.3 Å². The van der Waals surface area contributed by atoms with Gasteiger partial charge in [0.25, 0.3) is 0 Å². The number of carbonyl (C=O) groups is 1. The van der Waals surface area contributed by atoms with Crippen LogP contribution in [0.25, 0.3) is 11.3 Å². The van der Waals surface area contributed by atoms with Crippen molar-refractivity contribution in [2.45, 2.75) is 19.3 Å². The zero-order valence-electron chi connectivity index (χ0n) is 14.2. The fraction of sp³-hybridized carbons (Fsp3) is 0.444. The molecule has 3 heterocycles. The lowest BCUT2D eigenvalue weighted by Crippen LogP contribution is -2.39. The third-order valence-electron chi connectivity index (χ3n) is 4.91. The van der Waals surface area contributed by atoms with Gasteiger partial charge in [0.05, 0.1) is 12.3 Å². The molecule has 6 nitrogen and oxygen atoms in total. The number of carboxylic acid groups (broad SMARTS) is 1. The molecule has 2 aromatic rings. The predicted octanol–water partition coefficient (Wildman–Crippen LogP) is 3.69. The molecular formula is C18H20FN3O3S. The van der Waals surface area contributed by atoms with Crippen molar-refractivity contribution >= 4 is 22.6 Å².